The number of ether oxygens (including phenoxy) is 1. The van der Waals surface area contributed by atoms with Crippen molar-refractivity contribution in [3.05, 3.63) is 72.1 Å². The van der Waals surface area contributed by atoms with Crippen molar-refractivity contribution in [3.63, 3.8) is 0 Å². The molecule has 5 heteroatoms. The fourth-order valence-electron chi connectivity index (χ4n) is 3.28. The first-order valence-corrected chi connectivity index (χ1v) is 10.2. The van der Waals surface area contributed by atoms with Crippen LogP contribution in [-0.4, -0.2) is 24.0 Å². The molecule has 30 heavy (non-hydrogen) atoms. The van der Waals surface area contributed by atoms with Gasteiger partial charge in [0.05, 0.1) is 18.7 Å². The molecule has 0 saturated heterocycles. The molecule has 1 amide bonds. The predicted octanol–water partition coefficient (Wildman–Crippen LogP) is 5.63. The van der Waals surface area contributed by atoms with E-state index in [-0.39, 0.29) is 11.8 Å². The molecular formula is C25H29N3O2. The Hall–Kier alpha value is -3.34. The summed E-state index contributed by atoms with van der Waals surface area (Å²) < 4.78 is 5.50. The molecule has 0 fully saturated rings. The Morgan fingerprint density at radius 1 is 0.967 bits per heavy atom. The van der Waals surface area contributed by atoms with Gasteiger partial charge in [0, 0.05) is 23.6 Å². The molecule has 0 saturated carbocycles. The average Bonchev–Trinajstić information content (AvgIpc) is 2.73. The van der Waals surface area contributed by atoms with E-state index in [2.05, 4.69) is 29.5 Å². The van der Waals surface area contributed by atoms with Crippen LogP contribution < -0.4 is 15.4 Å². The lowest BCUT2D eigenvalue weighted by molar-refractivity contribution is -0.117. The molecule has 0 radical (unpaired) electrons. The summed E-state index contributed by atoms with van der Waals surface area (Å²) in [6, 6.07) is 18.0. The number of nitrogens with zero attached hydrogens (tertiary/aromatic N) is 1. The van der Waals surface area contributed by atoms with E-state index in [0.717, 1.165) is 39.5 Å². The first-order chi connectivity index (χ1) is 14.4. The van der Waals surface area contributed by atoms with Gasteiger partial charge in [0.15, 0.2) is 0 Å². The van der Waals surface area contributed by atoms with E-state index in [0.29, 0.717) is 6.04 Å². The monoisotopic (exact) mass is 403 g/mol. The minimum absolute atomic E-state index is 0.0610. The summed E-state index contributed by atoms with van der Waals surface area (Å²) in [7, 11) is 1.64. The van der Waals surface area contributed by atoms with E-state index in [9.17, 15) is 4.79 Å². The maximum absolute atomic E-state index is 12.8. The van der Waals surface area contributed by atoms with Crippen molar-refractivity contribution in [2.45, 2.75) is 39.7 Å². The number of methoxy groups -OCH3 is 1. The van der Waals surface area contributed by atoms with E-state index in [1.807, 2.05) is 68.4 Å². The number of aromatic nitrogens is 1. The molecule has 0 aliphatic carbocycles. The van der Waals surface area contributed by atoms with E-state index >= 15 is 0 Å². The van der Waals surface area contributed by atoms with Crippen LogP contribution in [0.15, 0.2) is 60.8 Å². The Labute approximate surface area is 178 Å². The van der Waals surface area contributed by atoms with Gasteiger partial charge in [-0.25, -0.2) is 0 Å². The summed E-state index contributed by atoms with van der Waals surface area (Å²) in [5.41, 5.74) is 5.77. The third kappa shape index (κ3) is 5.17. The maximum Gasteiger partial charge on any atom is 0.231 e. The second-order valence-corrected chi connectivity index (χ2v) is 7.73. The average molecular weight is 404 g/mol. The lowest BCUT2D eigenvalue weighted by Crippen LogP contribution is -2.19. The van der Waals surface area contributed by atoms with E-state index < -0.39 is 0 Å². The zero-order valence-electron chi connectivity index (χ0n) is 18.2. The third-order valence-electron chi connectivity index (χ3n) is 4.95. The number of rotatable bonds is 7. The molecule has 1 aromatic heterocycles. The number of carbonyl (C=O) groups excluding carboxylic acids is 1. The quantitative estimate of drug-likeness (QED) is 0.537. The van der Waals surface area contributed by atoms with Crippen LogP contribution in [0, 0.1) is 6.92 Å². The van der Waals surface area contributed by atoms with Crippen LogP contribution >= 0.6 is 0 Å². The van der Waals surface area contributed by atoms with Crippen LogP contribution in [0.25, 0.3) is 11.1 Å². The van der Waals surface area contributed by atoms with Crippen LogP contribution in [-0.2, 0) is 4.79 Å². The Kier molecular flexibility index (Phi) is 6.72. The number of amides is 1. The van der Waals surface area contributed by atoms with Crippen molar-refractivity contribution in [3.8, 4) is 16.9 Å². The summed E-state index contributed by atoms with van der Waals surface area (Å²) in [6.45, 7) is 8.02. The van der Waals surface area contributed by atoms with E-state index in [4.69, 9.17) is 4.74 Å². The number of nitrogens with one attached hydrogen (secondary N) is 2. The summed E-state index contributed by atoms with van der Waals surface area (Å²) >= 11 is 0. The van der Waals surface area contributed by atoms with Crippen molar-refractivity contribution in [1.82, 2.24) is 4.98 Å². The SMILES string of the molecule is COc1cc(C(C)C(=O)Nc2ccc(-c3ccnc(C)c3)cc2)ccc1NC(C)C. The first-order valence-electron chi connectivity index (χ1n) is 10.2. The van der Waals surface area contributed by atoms with Crippen molar-refractivity contribution in [2.75, 3.05) is 17.7 Å². The van der Waals surface area contributed by atoms with Crippen LogP contribution in [0.4, 0.5) is 11.4 Å². The summed E-state index contributed by atoms with van der Waals surface area (Å²) in [5.74, 6) is 0.362. The molecule has 0 aliphatic rings. The van der Waals surface area contributed by atoms with Gasteiger partial charge in [0.2, 0.25) is 5.91 Å². The number of benzene rings is 2. The van der Waals surface area contributed by atoms with Gasteiger partial charge in [-0.15, -0.1) is 0 Å². The van der Waals surface area contributed by atoms with Gasteiger partial charge in [-0.3, -0.25) is 9.78 Å². The molecule has 0 spiro atoms. The van der Waals surface area contributed by atoms with Crippen molar-refractivity contribution >= 4 is 17.3 Å². The van der Waals surface area contributed by atoms with Gasteiger partial charge < -0.3 is 15.4 Å². The van der Waals surface area contributed by atoms with Crippen LogP contribution in [0.1, 0.15) is 37.9 Å². The number of hydrogen-bond donors (Lipinski definition) is 2. The lowest BCUT2D eigenvalue weighted by atomic mass is 9.99. The third-order valence-corrected chi connectivity index (χ3v) is 4.95. The molecule has 3 aromatic rings. The van der Waals surface area contributed by atoms with Crippen molar-refractivity contribution < 1.29 is 9.53 Å². The van der Waals surface area contributed by atoms with Gasteiger partial charge in [-0.2, -0.15) is 0 Å². The van der Waals surface area contributed by atoms with Crippen molar-refractivity contribution in [1.29, 1.82) is 0 Å². The Bertz CT molecular complexity index is 1010. The Balaban J connectivity index is 1.71. The molecule has 2 aromatic carbocycles. The molecule has 5 nitrogen and oxygen atoms in total. The summed E-state index contributed by atoms with van der Waals surface area (Å²) in [4.78, 5) is 17.0. The highest BCUT2D eigenvalue weighted by Gasteiger charge is 2.17. The molecule has 0 bridgehead atoms. The topological polar surface area (TPSA) is 63.2 Å². The Morgan fingerprint density at radius 2 is 1.70 bits per heavy atom. The Morgan fingerprint density at radius 3 is 2.33 bits per heavy atom. The van der Waals surface area contributed by atoms with Gasteiger partial charge in [0.25, 0.3) is 0 Å². The van der Waals surface area contributed by atoms with Crippen LogP contribution in [0.2, 0.25) is 0 Å². The molecule has 156 valence electrons. The lowest BCUT2D eigenvalue weighted by Gasteiger charge is -2.18. The standard InChI is InChI=1S/C25H29N3O2/c1-16(2)27-23-11-8-20(15-24(23)30-5)18(4)25(29)28-22-9-6-19(7-10-22)21-12-13-26-17(3)14-21/h6-16,18,27H,1-5H3,(H,28,29). The van der Waals surface area contributed by atoms with Crippen molar-refractivity contribution in [2.24, 2.45) is 0 Å². The van der Waals surface area contributed by atoms with Crippen LogP contribution in [0.3, 0.4) is 0 Å². The second kappa shape index (κ2) is 9.44. The molecule has 3 rings (SSSR count). The smallest absolute Gasteiger partial charge is 0.231 e. The van der Waals surface area contributed by atoms with Gasteiger partial charge in [0.1, 0.15) is 5.75 Å². The molecular weight excluding hydrogens is 374 g/mol. The maximum atomic E-state index is 12.8. The van der Waals surface area contributed by atoms with Gasteiger partial charge in [-0.05, 0) is 80.8 Å². The summed E-state index contributed by atoms with van der Waals surface area (Å²) in [6.07, 6.45) is 1.80. The summed E-state index contributed by atoms with van der Waals surface area (Å²) in [5, 5.41) is 6.36. The number of carbonyl (C=O) groups is 1. The molecule has 1 unspecified atom stereocenters. The highest BCUT2D eigenvalue weighted by Crippen LogP contribution is 2.30. The fraction of sp³-hybridized carbons (Fsp3) is 0.280. The first kappa shape index (κ1) is 21.4. The zero-order chi connectivity index (χ0) is 21.7. The fourth-order valence-corrected chi connectivity index (χ4v) is 3.28. The minimum Gasteiger partial charge on any atom is -0.495 e. The van der Waals surface area contributed by atoms with Crippen LogP contribution in [0.5, 0.6) is 5.75 Å². The van der Waals surface area contributed by atoms with Gasteiger partial charge >= 0.3 is 0 Å². The highest BCUT2D eigenvalue weighted by molar-refractivity contribution is 5.96. The highest BCUT2D eigenvalue weighted by atomic mass is 16.5. The number of aryl methyl sites for hydroxylation is 1. The largest absolute Gasteiger partial charge is 0.495 e. The number of anilines is 2. The molecule has 1 heterocycles. The second-order valence-electron chi connectivity index (χ2n) is 7.73. The molecule has 2 N–H and O–H groups in total. The number of hydrogen-bond acceptors (Lipinski definition) is 4. The molecule has 0 aliphatic heterocycles. The van der Waals surface area contributed by atoms with Gasteiger partial charge in [-0.1, -0.05) is 18.2 Å². The molecule has 1 atom stereocenters. The van der Waals surface area contributed by atoms with E-state index in [1.165, 1.54) is 0 Å². The van der Waals surface area contributed by atoms with E-state index in [1.54, 1.807) is 13.3 Å². The predicted molar refractivity (Wildman–Crippen MR) is 123 cm³/mol. The minimum atomic E-state index is -0.311. The number of pyridine rings is 1. The zero-order valence-corrected chi connectivity index (χ0v) is 18.2. The normalized spacial score (nSPS) is 11.8.